The highest BCUT2D eigenvalue weighted by atomic mass is 35.6. The topological polar surface area (TPSA) is 27.3 Å². The molecule has 0 radical (unpaired) electrons. The second-order valence-electron chi connectivity index (χ2n) is 2.39. The highest BCUT2D eigenvalue weighted by Crippen LogP contribution is 2.36. The third-order valence-corrected chi connectivity index (χ3v) is 2.46. The van der Waals surface area contributed by atoms with E-state index in [2.05, 4.69) is 10.9 Å². The Balaban J connectivity index is 2.73. The molecule has 1 aliphatic heterocycles. The first-order valence-electron chi connectivity index (χ1n) is 3.36. The maximum absolute atomic E-state index is 5.64. The molecule has 0 aromatic carbocycles. The van der Waals surface area contributed by atoms with Crippen molar-refractivity contribution in [2.75, 3.05) is 6.54 Å². The van der Waals surface area contributed by atoms with E-state index in [1.165, 1.54) is 0 Å². The smallest absolute Gasteiger partial charge is 0.277 e. The van der Waals surface area contributed by atoms with Gasteiger partial charge in [0.25, 0.3) is 3.92 Å². The normalized spacial score (nSPS) is 20.3. The predicted octanol–water partition coefficient (Wildman–Crippen LogP) is 2.89. The molecule has 0 aromatic heterocycles. The number of hydrogen-bond acceptors (Lipinski definition) is 3. The van der Waals surface area contributed by atoms with E-state index in [1.54, 1.807) is 6.08 Å². The molecule has 0 aromatic rings. The van der Waals surface area contributed by atoms with E-state index in [0.717, 1.165) is 5.12 Å². The van der Waals surface area contributed by atoms with Crippen LogP contribution in [-0.2, 0) is 0 Å². The molecule has 3 nitrogen and oxygen atoms in total. The molecule has 1 rings (SSSR count). The Labute approximate surface area is 111 Å². The lowest BCUT2D eigenvalue weighted by molar-refractivity contribution is 0.125. The van der Waals surface area contributed by atoms with Crippen molar-refractivity contribution < 1.29 is 0 Å². The summed E-state index contributed by atoms with van der Waals surface area (Å²) in [5.74, 6) is 0. The maximum Gasteiger partial charge on any atom is 0.277 e. The molecule has 0 spiro atoms. The third-order valence-electron chi connectivity index (χ3n) is 1.35. The number of nitrogens with zero attached hydrogens (tertiary/aromatic N) is 1. The largest absolute Gasteiger partial charge is 0.302 e. The standard InChI is InChI=1S/C5H5Cl6N3/c6-4(7,8)3-1-2-12-14(13-3)5(9,10)11/h1,12-13H,2H2. The molecule has 2 N–H and O–H groups in total. The number of nitrogens with one attached hydrogen (secondary N) is 2. The Morgan fingerprint density at radius 2 is 1.71 bits per heavy atom. The van der Waals surface area contributed by atoms with Gasteiger partial charge in [-0.25, -0.2) is 5.43 Å². The molecule has 82 valence electrons. The van der Waals surface area contributed by atoms with Crippen LogP contribution in [-0.4, -0.2) is 19.4 Å². The summed E-state index contributed by atoms with van der Waals surface area (Å²) in [4.78, 5) is 0. The fourth-order valence-electron chi connectivity index (χ4n) is 0.777. The zero-order chi connectivity index (χ0) is 11.0. The monoisotopic (exact) mass is 317 g/mol. The number of alkyl halides is 6. The second-order valence-corrected chi connectivity index (χ2v) is 6.90. The van der Waals surface area contributed by atoms with Crippen LogP contribution in [0.3, 0.4) is 0 Å². The minimum absolute atomic E-state index is 0.326. The fraction of sp³-hybridized carbons (Fsp3) is 0.600. The third kappa shape index (κ3) is 3.65. The number of hydrogen-bond donors (Lipinski definition) is 2. The van der Waals surface area contributed by atoms with Gasteiger partial charge in [0, 0.05) is 6.54 Å². The van der Waals surface area contributed by atoms with Gasteiger partial charge in [-0.1, -0.05) is 69.6 Å². The van der Waals surface area contributed by atoms with Crippen LogP contribution in [0.4, 0.5) is 0 Å². The molecular weight excluding hydrogens is 315 g/mol. The molecule has 0 amide bonds. The maximum atomic E-state index is 5.64. The summed E-state index contributed by atoms with van der Waals surface area (Å²) in [6, 6.07) is 0. The van der Waals surface area contributed by atoms with Gasteiger partial charge in [-0.15, -0.1) is 5.12 Å². The van der Waals surface area contributed by atoms with Crippen LogP contribution in [0.5, 0.6) is 0 Å². The average Bonchev–Trinajstić information content (AvgIpc) is 2.01. The summed E-state index contributed by atoms with van der Waals surface area (Å²) in [5, 5.41) is 1.12. The molecule has 0 unspecified atom stereocenters. The van der Waals surface area contributed by atoms with Crippen LogP contribution in [0.15, 0.2) is 11.8 Å². The minimum atomic E-state index is -1.67. The van der Waals surface area contributed by atoms with E-state index < -0.39 is 7.71 Å². The van der Waals surface area contributed by atoms with E-state index in [1.807, 2.05) is 0 Å². The highest BCUT2D eigenvalue weighted by Gasteiger charge is 2.36. The van der Waals surface area contributed by atoms with Gasteiger partial charge in [-0.3, -0.25) is 0 Å². The van der Waals surface area contributed by atoms with Gasteiger partial charge in [-0.2, -0.15) is 0 Å². The van der Waals surface area contributed by atoms with Crippen molar-refractivity contribution in [3.63, 3.8) is 0 Å². The fourth-order valence-corrected chi connectivity index (χ4v) is 1.44. The van der Waals surface area contributed by atoms with Crippen LogP contribution in [0, 0.1) is 0 Å². The lowest BCUT2D eigenvalue weighted by Crippen LogP contribution is -2.58. The van der Waals surface area contributed by atoms with Crippen LogP contribution in [0.2, 0.25) is 0 Å². The summed E-state index contributed by atoms with van der Waals surface area (Å²) >= 11 is 33.7. The van der Waals surface area contributed by atoms with Crippen LogP contribution in [0.25, 0.3) is 0 Å². The average molecular weight is 320 g/mol. The molecule has 1 heterocycles. The summed E-state index contributed by atoms with van der Waals surface area (Å²) in [7, 11) is 0. The van der Waals surface area contributed by atoms with Gasteiger partial charge in [0.05, 0.1) is 5.70 Å². The molecule has 0 aliphatic carbocycles. The molecule has 1 aliphatic rings. The van der Waals surface area contributed by atoms with Gasteiger partial charge < -0.3 is 5.43 Å². The first-order valence-corrected chi connectivity index (χ1v) is 5.62. The van der Waals surface area contributed by atoms with Gasteiger partial charge in [0.2, 0.25) is 3.79 Å². The Morgan fingerprint density at radius 1 is 1.14 bits per heavy atom. The minimum Gasteiger partial charge on any atom is -0.302 e. The number of rotatable bonds is 0. The lowest BCUT2D eigenvalue weighted by Gasteiger charge is -2.35. The van der Waals surface area contributed by atoms with E-state index in [0.29, 0.717) is 12.2 Å². The number of halogens is 6. The summed E-state index contributed by atoms with van der Waals surface area (Å²) in [6.45, 7) is 0.393. The van der Waals surface area contributed by atoms with Crippen LogP contribution < -0.4 is 10.9 Å². The van der Waals surface area contributed by atoms with E-state index in [-0.39, 0.29) is 0 Å². The number of hydrazine groups is 2. The van der Waals surface area contributed by atoms with E-state index in [4.69, 9.17) is 69.6 Å². The van der Waals surface area contributed by atoms with Crippen molar-refractivity contribution in [2.24, 2.45) is 0 Å². The Kier molecular flexibility index (Phi) is 4.36. The van der Waals surface area contributed by atoms with Crippen molar-refractivity contribution >= 4 is 69.6 Å². The first kappa shape index (κ1) is 13.3. The summed E-state index contributed by atoms with van der Waals surface area (Å²) in [6.07, 6.45) is 1.64. The van der Waals surface area contributed by atoms with Gasteiger partial charge in [0.1, 0.15) is 0 Å². The Morgan fingerprint density at radius 3 is 2.14 bits per heavy atom. The quantitative estimate of drug-likeness (QED) is 0.531. The molecule has 9 heteroatoms. The summed E-state index contributed by atoms with van der Waals surface area (Å²) in [5.41, 5.74) is 5.69. The zero-order valence-electron chi connectivity index (χ0n) is 6.50. The van der Waals surface area contributed by atoms with Crippen molar-refractivity contribution in [1.82, 2.24) is 16.0 Å². The second kappa shape index (κ2) is 4.60. The van der Waals surface area contributed by atoms with Gasteiger partial charge in [-0.05, 0) is 6.08 Å². The highest BCUT2D eigenvalue weighted by molar-refractivity contribution is 6.69. The molecule has 0 bridgehead atoms. The zero-order valence-corrected chi connectivity index (χ0v) is 11.0. The Bertz CT molecular complexity index is 241. The molecule has 0 fully saturated rings. The van der Waals surface area contributed by atoms with Crippen molar-refractivity contribution in [1.29, 1.82) is 0 Å². The van der Waals surface area contributed by atoms with Crippen molar-refractivity contribution in [2.45, 2.75) is 7.71 Å². The Hall–Kier alpha value is 1.20. The van der Waals surface area contributed by atoms with Crippen molar-refractivity contribution in [3.05, 3.63) is 11.8 Å². The van der Waals surface area contributed by atoms with E-state index >= 15 is 0 Å². The van der Waals surface area contributed by atoms with Gasteiger partial charge >= 0.3 is 0 Å². The molecular formula is C5H5Cl6N3. The van der Waals surface area contributed by atoms with Crippen LogP contribution >= 0.6 is 69.6 Å². The first-order chi connectivity index (χ1) is 6.21. The summed E-state index contributed by atoms with van der Waals surface area (Å²) < 4.78 is -3.24. The number of allylic oxidation sites excluding steroid dienone is 1. The predicted molar refractivity (Wildman–Crippen MR) is 61.6 cm³/mol. The van der Waals surface area contributed by atoms with Crippen molar-refractivity contribution in [3.8, 4) is 0 Å². The molecule has 0 saturated heterocycles. The molecule has 0 atom stereocenters. The molecule has 0 saturated carbocycles. The lowest BCUT2D eigenvalue weighted by atomic mass is 10.4. The van der Waals surface area contributed by atoms with Crippen LogP contribution in [0.1, 0.15) is 0 Å². The SMILES string of the molecule is ClC(Cl)(Cl)C1=CCNN(C(Cl)(Cl)Cl)N1. The molecule has 14 heavy (non-hydrogen) atoms. The van der Waals surface area contributed by atoms with Gasteiger partial charge in [0.15, 0.2) is 0 Å². The van der Waals surface area contributed by atoms with E-state index in [9.17, 15) is 0 Å².